The van der Waals surface area contributed by atoms with Crippen LogP contribution < -0.4 is 17.0 Å². The van der Waals surface area contributed by atoms with Crippen LogP contribution in [-0.2, 0) is 40.9 Å². The summed E-state index contributed by atoms with van der Waals surface area (Å²) in [5.74, 6) is -1.10. The molecule has 0 bridgehead atoms. The van der Waals surface area contributed by atoms with Gasteiger partial charge >= 0.3 is 11.9 Å². The van der Waals surface area contributed by atoms with E-state index in [0.717, 1.165) is 27.3 Å². The Morgan fingerprint density at radius 2 is 1.76 bits per heavy atom. The smallest absolute Gasteiger partial charge is 0.383 e. The Morgan fingerprint density at radius 1 is 1.05 bits per heavy atom. The number of nitrogens with zero attached hydrogens (tertiary/aromatic N) is 3. The monoisotopic (exact) mass is 576 g/mol. The molecular formula is C29H32F4N4O4. The van der Waals surface area contributed by atoms with Gasteiger partial charge in [-0.1, -0.05) is 36.4 Å². The number of alkyl halides is 3. The highest BCUT2D eigenvalue weighted by atomic mass is 19.4. The van der Waals surface area contributed by atoms with Crippen LogP contribution in [0.5, 0.6) is 0 Å². The van der Waals surface area contributed by atoms with Gasteiger partial charge in [0.15, 0.2) is 0 Å². The van der Waals surface area contributed by atoms with Gasteiger partial charge in [0.25, 0.3) is 5.56 Å². The molecule has 220 valence electrons. The van der Waals surface area contributed by atoms with Crippen molar-refractivity contribution in [1.29, 1.82) is 0 Å². The number of benzene rings is 2. The number of hydrogen-bond donors (Lipinski definition) is 1. The van der Waals surface area contributed by atoms with Crippen LogP contribution in [0, 0.1) is 5.82 Å². The lowest BCUT2D eigenvalue weighted by atomic mass is 9.85. The summed E-state index contributed by atoms with van der Waals surface area (Å²) in [6, 6.07) is 10.8. The first kappa shape index (κ1) is 29.2. The number of likely N-dealkylation sites (tertiary alicyclic amines) is 1. The second kappa shape index (κ2) is 11.5. The number of hydrogen-bond acceptors (Lipinski definition) is 6. The Morgan fingerprint density at radius 3 is 2.41 bits per heavy atom. The van der Waals surface area contributed by atoms with Crippen LogP contribution in [0.2, 0.25) is 0 Å². The minimum Gasteiger partial charge on any atom is -0.383 e. The van der Waals surface area contributed by atoms with Crippen molar-refractivity contribution in [3.63, 3.8) is 0 Å². The number of fused-ring (bicyclic) bond motifs is 2. The zero-order valence-corrected chi connectivity index (χ0v) is 22.6. The third-order valence-electron chi connectivity index (χ3n) is 8.10. The van der Waals surface area contributed by atoms with Gasteiger partial charge in [-0.25, -0.2) is 9.18 Å². The van der Waals surface area contributed by atoms with Crippen LogP contribution in [0.25, 0.3) is 0 Å². The Bertz CT molecular complexity index is 1510. The Balaban J connectivity index is 1.63. The van der Waals surface area contributed by atoms with Crippen molar-refractivity contribution < 1.29 is 27.0 Å². The molecule has 2 aliphatic rings. The molecular weight excluding hydrogens is 544 g/mol. The Kier molecular flexibility index (Phi) is 8.20. The highest BCUT2D eigenvalue weighted by Gasteiger charge is 2.47. The third-order valence-corrected chi connectivity index (χ3v) is 8.10. The van der Waals surface area contributed by atoms with E-state index in [-0.39, 0.29) is 24.4 Å². The molecule has 2 aromatic carbocycles. The number of nitrogens with two attached hydrogens (primary N) is 1. The number of piperidine rings is 1. The van der Waals surface area contributed by atoms with E-state index < -0.39 is 52.6 Å². The van der Waals surface area contributed by atoms with Crippen LogP contribution in [-0.4, -0.2) is 47.4 Å². The van der Waals surface area contributed by atoms with Gasteiger partial charge in [0.1, 0.15) is 11.4 Å². The summed E-state index contributed by atoms with van der Waals surface area (Å²) in [6.45, 7) is 1.34. The van der Waals surface area contributed by atoms with Gasteiger partial charge in [-0.05, 0) is 30.5 Å². The van der Waals surface area contributed by atoms with Gasteiger partial charge in [0.05, 0.1) is 43.1 Å². The van der Waals surface area contributed by atoms with Crippen molar-refractivity contribution >= 4 is 0 Å². The van der Waals surface area contributed by atoms with E-state index in [4.69, 9.17) is 15.2 Å². The van der Waals surface area contributed by atoms with Crippen molar-refractivity contribution in [2.75, 3.05) is 33.4 Å². The van der Waals surface area contributed by atoms with E-state index in [1.54, 1.807) is 37.4 Å². The first-order valence-electron chi connectivity index (χ1n) is 13.4. The maximum Gasteiger partial charge on any atom is 0.416 e. The summed E-state index contributed by atoms with van der Waals surface area (Å²) in [5.41, 5.74) is 3.13. The number of aromatic nitrogens is 2. The van der Waals surface area contributed by atoms with Gasteiger partial charge < -0.3 is 20.1 Å². The van der Waals surface area contributed by atoms with E-state index in [1.807, 2.05) is 0 Å². The first-order chi connectivity index (χ1) is 19.6. The average Bonchev–Trinajstić information content (AvgIpc) is 3.32. The highest BCUT2D eigenvalue weighted by molar-refractivity contribution is 5.35. The molecule has 0 amide bonds. The summed E-state index contributed by atoms with van der Waals surface area (Å²) in [7, 11) is 1.61. The van der Waals surface area contributed by atoms with Crippen molar-refractivity contribution in [2.24, 2.45) is 5.73 Å². The zero-order chi connectivity index (χ0) is 29.4. The van der Waals surface area contributed by atoms with Gasteiger partial charge in [0.2, 0.25) is 0 Å². The molecule has 1 spiro atoms. The molecule has 1 fully saturated rings. The Hall–Kier alpha value is -3.32. The highest BCUT2D eigenvalue weighted by Crippen LogP contribution is 2.42. The van der Waals surface area contributed by atoms with Crippen LogP contribution in [0.3, 0.4) is 0 Å². The maximum atomic E-state index is 14.9. The first-order valence-corrected chi connectivity index (χ1v) is 13.4. The molecule has 0 unspecified atom stereocenters. The maximum absolute atomic E-state index is 14.9. The quantitative estimate of drug-likeness (QED) is 0.414. The van der Waals surface area contributed by atoms with Crippen molar-refractivity contribution in [3.8, 4) is 0 Å². The lowest BCUT2D eigenvalue weighted by molar-refractivity contribution is -0.138. The predicted octanol–water partition coefficient (Wildman–Crippen LogP) is 3.38. The molecule has 3 aromatic rings. The fraction of sp³-hybridized carbons (Fsp3) is 0.448. The summed E-state index contributed by atoms with van der Waals surface area (Å²) >= 11 is 0. The molecule has 41 heavy (non-hydrogen) atoms. The fourth-order valence-electron chi connectivity index (χ4n) is 5.85. The molecule has 12 heteroatoms. The summed E-state index contributed by atoms with van der Waals surface area (Å²) in [4.78, 5) is 30.0. The second-order valence-corrected chi connectivity index (χ2v) is 10.5. The Labute approximate surface area is 233 Å². The van der Waals surface area contributed by atoms with Gasteiger partial charge in [0, 0.05) is 38.3 Å². The van der Waals surface area contributed by atoms with Gasteiger partial charge in [-0.2, -0.15) is 13.2 Å². The lowest BCUT2D eigenvalue weighted by Gasteiger charge is -2.38. The second-order valence-electron chi connectivity index (χ2n) is 10.5. The van der Waals surface area contributed by atoms with Crippen molar-refractivity contribution in [1.82, 2.24) is 14.0 Å². The largest absolute Gasteiger partial charge is 0.416 e. The number of rotatable bonds is 8. The molecule has 1 aromatic heterocycles. The minimum atomic E-state index is -4.85. The molecule has 1 saturated heterocycles. The molecule has 8 nitrogen and oxygen atoms in total. The number of ether oxygens (including phenoxy) is 2. The summed E-state index contributed by atoms with van der Waals surface area (Å²) in [5, 5.41) is 0. The SMILES string of the molecule is COCCN1CCC2(CC1)OCc1c2c(=O)n(C[C@H](N)c2ccccc2)c(=O)n1Cc1c(F)cccc1C(F)(F)F. The van der Waals surface area contributed by atoms with Crippen LogP contribution in [0.4, 0.5) is 17.6 Å². The molecule has 0 aliphatic carbocycles. The van der Waals surface area contributed by atoms with E-state index in [2.05, 4.69) is 4.90 Å². The molecule has 3 heterocycles. The van der Waals surface area contributed by atoms with E-state index in [0.29, 0.717) is 44.6 Å². The topological polar surface area (TPSA) is 91.7 Å². The van der Waals surface area contributed by atoms with Crippen molar-refractivity contribution in [3.05, 3.63) is 103 Å². The third kappa shape index (κ3) is 5.61. The van der Waals surface area contributed by atoms with E-state index >= 15 is 0 Å². The fourth-order valence-corrected chi connectivity index (χ4v) is 5.85. The van der Waals surface area contributed by atoms with Crippen molar-refractivity contribution in [2.45, 2.75) is 50.4 Å². The molecule has 1 atom stereocenters. The van der Waals surface area contributed by atoms with Gasteiger partial charge in [-0.3, -0.25) is 13.9 Å². The standard InChI is InChI=1S/C29H32F4N4O4/c1-40-15-14-35-12-10-28(11-13-35)25-24(18-41-28)36(16-20-21(29(31,32)33)8-5-9-22(20)30)27(39)37(26(25)38)17-23(34)19-6-3-2-4-7-19/h2-9,23H,10-18,34H2,1H3/t23-/m0/s1. The average molecular weight is 577 g/mol. The molecule has 2 aliphatic heterocycles. The van der Waals surface area contributed by atoms with Gasteiger partial charge in [-0.15, -0.1) is 0 Å². The predicted molar refractivity (Wildman–Crippen MR) is 143 cm³/mol. The van der Waals surface area contributed by atoms with Crippen LogP contribution in [0.1, 0.15) is 46.8 Å². The molecule has 2 N–H and O–H groups in total. The summed E-state index contributed by atoms with van der Waals surface area (Å²) < 4.78 is 69.9. The number of methoxy groups -OCH3 is 1. The normalized spacial score (nSPS) is 17.6. The van der Waals surface area contributed by atoms with E-state index in [1.165, 1.54) is 0 Å². The molecule has 0 saturated carbocycles. The number of halogens is 4. The molecule has 5 rings (SSSR count). The van der Waals surface area contributed by atoms with Crippen LogP contribution >= 0.6 is 0 Å². The van der Waals surface area contributed by atoms with E-state index in [9.17, 15) is 27.2 Å². The minimum absolute atomic E-state index is 0.154. The van der Waals surface area contributed by atoms with Crippen LogP contribution in [0.15, 0.2) is 58.1 Å². The summed E-state index contributed by atoms with van der Waals surface area (Å²) in [6.07, 6.45) is -3.97. The molecule has 0 radical (unpaired) electrons. The zero-order valence-electron chi connectivity index (χ0n) is 22.6. The lowest BCUT2D eigenvalue weighted by Crippen LogP contribution is -2.50.